The van der Waals surface area contributed by atoms with E-state index in [1.54, 1.807) is 0 Å². The fourth-order valence-corrected chi connectivity index (χ4v) is 1.40. The van der Waals surface area contributed by atoms with Crippen LogP contribution >= 0.6 is 0 Å². The van der Waals surface area contributed by atoms with Gasteiger partial charge in [0.15, 0.2) is 0 Å². The topological polar surface area (TPSA) is 29.1 Å². The highest BCUT2D eigenvalue weighted by molar-refractivity contribution is 5.97. The van der Waals surface area contributed by atoms with Crippen LogP contribution in [0.5, 0.6) is 0 Å². The summed E-state index contributed by atoms with van der Waals surface area (Å²) < 4.78 is 0. The minimum Gasteiger partial charge on any atom is -0.349 e. The molecular formula is C13H15NO. The van der Waals surface area contributed by atoms with E-state index >= 15 is 0 Å². The molecule has 2 aliphatic rings. The van der Waals surface area contributed by atoms with E-state index in [1.165, 1.54) is 0 Å². The van der Waals surface area contributed by atoms with Crippen LogP contribution in [0.25, 0.3) is 0 Å². The lowest BCUT2D eigenvalue weighted by Crippen LogP contribution is -2.26. The highest BCUT2D eigenvalue weighted by Crippen LogP contribution is 2.20. The largest absolute Gasteiger partial charge is 0.349 e. The summed E-state index contributed by atoms with van der Waals surface area (Å²) in [4.78, 5) is 11.8. The van der Waals surface area contributed by atoms with E-state index in [0.29, 0.717) is 6.04 Å². The van der Waals surface area contributed by atoms with Crippen LogP contribution in [0.1, 0.15) is 26.7 Å². The van der Waals surface area contributed by atoms with Crippen molar-refractivity contribution in [2.24, 2.45) is 0 Å². The Morgan fingerprint density at radius 2 is 2.20 bits per heavy atom. The number of allylic oxidation sites excluding steroid dienone is 3. The lowest BCUT2D eigenvalue weighted by atomic mass is 10.1. The predicted molar refractivity (Wildman–Crippen MR) is 60.3 cm³/mol. The molecule has 0 aromatic heterocycles. The van der Waals surface area contributed by atoms with Crippen molar-refractivity contribution in [3.05, 3.63) is 40.7 Å². The fourth-order valence-electron chi connectivity index (χ4n) is 1.40. The Labute approximate surface area is 90.1 Å². The van der Waals surface area contributed by atoms with Gasteiger partial charge in [0.1, 0.15) is 0 Å². The van der Waals surface area contributed by atoms with Crippen LogP contribution in [0.2, 0.25) is 0 Å². The molecule has 0 bridgehead atoms. The summed E-state index contributed by atoms with van der Waals surface area (Å²) in [7, 11) is 0. The summed E-state index contributed by atoms with van der Waals surface area (Å²) >= 11 is 0. The smallest absolute Gasteiger partial charge is 0.251 e. The van der Waals surface area contributed by atoms with Crippen LogP contribution in [0, 0.1) is 0 Å². The Kier molecular flexibility index (Phi) is 2.61. The highest BCUT2D eigenvalue weighted by Gasteiger charge is 2.24. The predicted octanol–water partition coefficient (Wildman–Crippen LogP) is 2.25. The molecule has 1 amide bonds. The lowest BCUT2D eigenvalue weighted by Gasteiger charge is -2.04. The number of hydrogen-bond acceptors (Lipinski definition) is 1. The zero-order valence-electron chi connectivity index (χ0n) is 9.13. The molecular weight excluding hydrogens is 186 g/mol. The van der Waals surface area contributed by atoms with Crippen molar-refractivity contribution in [1.82, 2.24) is 5.32 Å². The molecule has 0 unspecified atom stereocenters. The van der Waals surface area contributed by atoms with Gasteiger partial charge in [-0.1, -0.05) is 0 Å². The van der Waals surface area contributed by atoms with Gasteiger partial charge in [0, 0.05) is 11.6 Å². The van der Waals surface area contributed by atoms with Gasteiger partial charge < -0.3 is 5.32 Å². The maximum absolute atomic E-state index is 11.8. The molecule has 2 heteroatoms. The molecule has 0 heterocycles. The Bertz CT molecular complexity index is 416. The Hall–Kier alpha value is -1.53. The Morgan fingerprint density at radius 3 is 2.87 bits per heavy atom. The summed E-state index contributed by atoms with van der Waals surface area (Å²) in [5.41, 5.74) is 6.02. The van der Waals surface area contributed by atoms with Gasteiger partial charge in [-0.05, 0) is 56.1 Å². The van der Waals surface area contributed by atoms with E-state index in [2.05, 4.69) is 11.0 Å². The average Bonchev–Trinajstić information content (AvgIpc) is 2.98. The third-order valence-electron chi connectivity index (χ3n) is 2.70. The van der Waals surface area contributed by atoms with E-state index in [4.69, 9.17) is 0 Å². The summed E-state index contributed by atoms with van der Waals surface area (Å²) in [5.74, 6) is 0.0320. The molecule has 0 saturated heterocycles. The van der Waals surface area contributed by atoms with Crippen LogP contribution in [0.15, 0.2) is 40.7 Å². The maximum atomic E-state index is 11.8. The van der Waals surface area contributed by atoms with E-state index in [1.807, 2.05) is 32.1 Å². The van der Waals surface area contributed by atoms with Crippen LogP contribution in [-0.4, -0.2) is 11.9 Å². The molecule has 2 rings (SSSR count). The van der Waals surface area contributed by atoms with Crippen molar-refractivity contribution in [2.45, 2.75) is 32.7 Å². The SMILES string of the molecule is CC1=C=CC=C(C(=O)NC2CC2)C=C1C. The van der Waals surface area contributed by atoms with E-state index in [-0.39, 0.29) is 5.91 Å². The summed E-state index contributed by atoms with van der Waals surface area (Å²) in [6, 6.07) is 0.411. The summed E-state index contributed by atoms with van der Waals surface area (Å²) in [6.45, 7) is 4.00. The monoisotopic (exact) mass is 201 g/mol. The zero-order valence-corrected chi connectivity index (χ0v) is 9.13. The van der Waals surface area contributed by atoms with Gasteiger partial charge >= 0.3 is 0 Å². The third kappa shape index (κ3) is 2.48. The Morgan fingerprint density at radius 1 is 1.47 bits per heavy atom. The van der Waals surface area contributed by atoms with Crippen molar-refractivity contribution in [2.75, 3.05) is 0 Å². The molecule has 1 N–H and O–H groups in total. The first kappa shape index (κ1) is 10.0. The van der Waals surface area contributed by atoms with Crippen molar-refractivity contribution < 1.29 is 4.79 Å². The minimum atomic E-state index is 0.0320. The zero-order chi connectivity index (χ0) is 10.8. The highest BCUT2D eigenvalue weighted by atomic mass is 16.1. The van der Waals surface area contributed by atoms with Gasteiger partial charge in [0.2, 0.25) is 0 Å². The summed E-state index contributed by atoms with van der Waals surface area (Å²) in [6.07, 6.45) is 7.79. The van der Waals surface area contributed by atoms with Gasteiger partial charge in [-0.2, -0.15) is 0 Å². The summed E-state index contributed by atoms with van der Waals surface area (Å²) in [5, 5.41) is 2.98. The molecule has 0 spiro atoms. The molecule has 2 aliphatic carbocycles. The van der Waals surface area contributed by atoms with Crippen LogP contribution in [0.4, 0.5) is 0 Å². The molecule has 15 heavy (non-hydrogen) atoms. The molecule has 1 fully saturated rings. The Balaban J connectivity index is 2.13. The molecule has 0 radical (unpaired) electrons. The third-order valence-corrected chi connectivity index (χ3v) is 2.70. The van der Waals surface area contributed by atoms with Crippen LogP contribution in [-0.2, 0) is 4.79 Å². The van der Waals surface area contributed by atoms with Gasteiger partial charge in [-0.25, -0.2) is 0 Å². The van der Waals surface area contributed by atoms with Gasteiger partial charge in [0.05, 0.1) is 0 Å². The molecule has 1 saturated carbocycles. The first-order chi connectivity index (χ1) is 7.16. The van der Waals surface area contributed by atoms with Crippen molar-refractivity contribution in [1.29, 1.82) is 0 Å². The quantitative estimate of drug-likeness (QED) is 0.682. The lowest BCUT2D eigenvalue weighted by molar-refractivity contribution is -0.117. The standard InChI is InChI=1S/C13H15NO/c1-9-4-3-5-11(8-10(9)2)13(15)14-12-6-7-12/h3,5,8,12H,6-7H2,1-2H3,(H,14,15). The average molecular weight is 201 g/mol. The molecule has 0 aromatic carbocycles. The van der Waals surface area contributed by atoms with Gasteiger partial charge in [0.25, 0.3) is 5.91 Å². The number of carbonyl (C=O) groups excluding carboxylic acids is 1. The molecule has 0 aromatic rings. The number of carbonyl (C=O) groups is 1. The molecule has 0 atom stereocenters. The van der Waals surface area contributed by atoms with Gasteiger partial charge in [-0.3, -0.25) is 4.79 Å². The number of nitrogens with one attached hydrogen (secondary N) is 1. The maximum Gasteiger partial charge on any atom is 0.251 e. The second kappa shape index (κ2) is 3.92. The van der Waals surface area contributed by atoms with E-state index in [0.717, 1.165) is 29.6 Å². The number of amides is 1. The van der Waals surface area contributed by atoms with E-state index < -0.39 is 0 Å². The second-order valence-corrected chi connectivity index (χ2v) is 4.13. The normalized spacial score (nSPS) is 20.0. The van der Waals surface area contributed by atoms with Crippen LogP contribution in [0.3, 0.4) is 0 Å². The number of hydrogen-bond donors (Lipinski definition) is 1. The molecule has 0 aliphatic heterocycles. The van der Waals surface area contributed by atoms with Crippen molar-refractivity contribution >= 4 is 5.91 Å². The minimum absolute atomic E-state index is 0.0320. The van der Waals surface area contributed by atoms with Crippen molar-refractivity contribution in [3.63, 3.8) is 0 Å². The first-order valence-electron chi connectivity index (χ1n) is 5.30. The fraction of sp³-hybridized carbons (Fsp3) is 0.385. The first-order valence-corrected chi connectivity index (χ1v) is 5.30. The van der Waals surface area contributed by atoms with Gasteiger partial charge in [-0.15, -0.1) is 5.73 Å². The molecule has 2 nitrogen and oxygen atoms in total. The van der Waals surface area contributed by atoms with Crippen LogP contribution < -0.4 is 5.32 Å². The second-order valence-electron chi connectivity index (χ2n) is 4.13. The number of rotatable bonds is 2. The van der Waals surface area contributed by atoms with Crippen molar-refractivity contribution in [3.8, 4) is 0 Å². The molecule has 78 valence electrons. The van der Waals surface area contributed by atoms with E-state index in [9.17, 15) is 4.79 Å².